The van der Waals surface area contributed by atoms with Crippen molar-refractivity contribution in [3.05, 3.63) is 70.9 Å². The van der Waals surface area contributed by atoms with E-state index in [-0.39, 0.29) is 0 Å². The Balaban J connectivity index is 1.97. The molecule has 1 nitrogen and oxygen atoms in total. The van der Waals surface area contributed by atoms with Crippen LogP contribution in [0.15, 0.2) is 48.5 Å². The van der Waals surface area contributed by atoms with Crippen LogP contribution in [0.4, 0.5) is 0 Å². The van der Waals surface area contributed by atoms with Crippen molar-refractivity contribution in [1.82, 2.24) is 4.98 Å². The van der Waals surface area contributed by atoms with Gasteiger partial charge in [-0.25, -0.2) is 0 Å². The molecule has 0 atom stereocenters. The van der Waals surface area contributed by atoms with Gasteiger partial charge >= 0.3 is 0 Å². The van der Waals surface area contributed by atoms with Crippen LogP contribution in [0.25, 0.3) is 23.1 Å². The Kier molecular flexibility index (Phi) is 2.96. The summed E-state index contributed by atoms with van der Waals surface area (Å²) in [5, 5.41) is 1.30. The molecule has 0 fully saturated rings. The van der Waals surface area contributed by atoms with Gasteiger partial charge in [-0.1, -0.05) is 54.1 Å². The molecule has 0 bridgehead atoms. The second kappa shape index (κ2) is 4.77. The third-order valence-electron chi connectivity index (χ3n) is 3.52. The summed E-state index contributed by atoms with van der Waals surface area (Å²) in [4.78, 5) is 3.46. The number of rotatable bonds is 2. The quantitative estimate of drug-likeness (QED) is 0.659. The standard InChI is InChI=1S/C18H17N/c1-13-7-9-15(10-8-13)11-12-17-14(2)16-5-3-4-6-18(16)19-17/h3-12,19H,1-2H3/b12-11+. The van der Waals surface area contributed by atoms with Crippen LogP contribution < -0.4 is 0 Å². The van der Waals surface area contributed by atoms with Crippen molar-refractivity contribution in [2.45, 2.75) is 13.8 Å². The van der Waals surface area contributed by atoms with Crippen LogP contribution in [-0.2, 0) is 0 Å². The third kappa shape index (κ3) is 2.32. The lowest BCUT2D eigenvalue weighted by molar-refractivity contribution is 1.38. The number of fused-ring (bicyclic) bond motifs is 1. The molecule has 3 rings (SSSR count). The van der Waals surface area contributed by atoms with Gasteiger partial charge in [0, 0.05) is 16.6 Å². The van der Waals surface area contributed by atoms with E-state index in [0.29, 0.717) is 0 Å². The highest BCUT2D eigenvalue weighted by molar-refractivity contribution is 5.88. The molecule has 19 heavy (non-hydrogen) atoms. The summed E-state index contributed by atoms with van der Waals surface area (Å²) in [6.45, 7) is 4.27. The molecule has 1 N–H and O–H groups in total. The first-order chi connectivity index (χ1) is 9.24. The minimum absolute atomic E-state index is 1.18. The summed E-state index contributed by atoms with van der Waals surface area (Å²) in [6, 6.07) is 17.0. The van der Waals surface area contributed by atoms with Gasteiger partial charge in [-0.05, 0) is 37.1 Å². The Labute approximate surface area is 113 Å². The molecule has 2 aromatic carbocycles. The maximum atomic E-state index is 3.46. The van der Waals surface area contributed by atoms with Crippen molar-refractivity contribution >= 4 is 23.1 Å². The molecule has 94 valence electrons. The summed E-state index contributed by atoms with van der Waals surface area (Å²) >= 11 is 0. The summed E-state index contributed by atoms with van der Waals surface area (Å²) < 4.78 is 0. The van der Waals surface area contributed by atoms with Crippen LogP contribution in [0, 0.1) is 13.8 Å². The highest BCUT2D eigenvalue weighted by Gasteiger charge is 2.03. The molecule has 1 heteroatoms. The maximum Gasteiger partial charge on any atom is 0.0461 e. The van der Waals surface area contributed by atoms with E-state index in [2.05, 4.69) is 79.5 Å². The monoisotopic (exact) mass is 247 g/mol. The van der Waals surface area contributed by atoms with Gasteiger partial charge in [0.2, 0.25) is 0 Å². The van der Waals surface area contributed by atoms with Crippen LogP contribution in [0.2, 0.25) is 0 Å². The third-order valence-corrected chi connectivity index (χ3v) is 3.52. The number of para-hydroxylation sites is 1. The minimum atomic E-state index is 1.18. The van der Waals surface area contributed by atoms with Gasteiger partial charge in [-0.2, -0.15) is 0 Å². The number of hydrogen-bond donors (Lipinski definition) is 1. The molecule has 0 spiro atoms. The Morgan fingerprint density at radius 2 is 1.58 bits per heavy atom. The zero-order valence-electron chi connectivity index (χ0n) is 11.3. The van der Waals surface area contributed by atoms with Crippen LogP contribution in [0.1, 0.15) is 22.4 Å². The molecule has 0 unspecified atom stereocenters. The largest absolute Gasteiger partial charge is 0.355 e. The van der Waals surface area contributed by atoms with E-state index in [4.69, 9.17) is 0 Å². The normalized spacial score (nSPS) is 11.5. The number of nitrogens with one attached hydrogen (secondary N) is 1. The van der Waals surface area contributed by atoms with E-state index < -0.39 is 0 Å². The molecule has 0 radical (unpaired) electrons. The van der Waals surface area contributed by atoms with E-state index in [1.54, 1.807) is 0 Å². The highest BCUT2D eigenvalue weighted by Crippen LogP contribution is 2.22. The van der Waals surface area contributed by atoms with Crippen molar-refractivity contribution in [3.8, 4) is 0 Å². The molecule has 0 amide bonds. The van der Waals surface area contributed by atoms with Gasteiger partial charge in [0.05, 0.1) is 0 Å². The summed E-state index contributed by atoms with van der Waals surface area (Å²) in [7, 11) is 0. The van der Waals surface area contributed by atoms with Crippen LogP contribution in [0.5, 0.6) is 0 Å². The van der Waals surface area contributed by atoms with Gasteiger partial charge < -0.3 is 4.98 Å². The van der Waals surface area contributed by atoms with Crippen LogP contribution >= 0.6 is 0 Å². The Bertz CT molecular complexity index is 730. The maximum absolute atomic E-state index is 3.46. The Hall–Kier alpha value is -2.28. The van der Waals surface area contributed by atoms with E-state index in [1.165, 1.54) is 33.3 Å². The SMILES string of the molecule is Cc1ccc(/C=C/c2[nH]c3ccccc3c2C)cc1. The second-order valence-corrected chi connectivity index (χ2v) is 4.95. The lowest BCUT2D eigenvalue weighted by Crippen LogP contribution is -1.76. The van der Waals surface area contributed by atoms with Gasteiger partial charge in [0.25, 0.3) is 0 Å². The first-order valence-electron chi connectivity index (χ1n) is 6.56. The fraction of sp³-hybridized carbons (Fsp3) is 0.111. The van der Waals surface area contributed by atoms with Crippen molar-refractivity contribution in [2.75, 3.05) is 0 Å². The molecule has 0 aliphatic rings. The highest BCUT2D eigenvalue weighted by atomic mass is 14.7. The first-order valence-corrected chi connectivity index (χ1v) is 6.56. The molecule has 1 aromatic heterocycles. The lowest BCUT2D eigenvalue weighted by Gasteiger charge is -1.95. The molecular formula is C18H17N. The molecular weight excluding hydrogens is 230 g/mol. The van der Waals surface area contributed by atoms with Gasteiger partial charge in [-0.15, -0.1) is 0 Å². The number of H-pyrrole nitrogens is 1. The number of hydrogen-bond acceptors (Lipinski definition) is 0. The topological polar surface area (TPSA) is 15.8 Å². The molecule has 0 saturated carbocycles. The average molecular weight is 247 g/mol. The van der Waals surface area contributed by atoms with Gasteiger partial charge in [0.15, 0.2) is 0 Å². The molecule has 0 saturated heterocycles. The lowest BCUT2D eigenvalue weighted by atomic mass is 10.1. The average Bonchev–Trinajstić information content (AvgIpc) is 2.76. The Morgan fingerprint density at radius 1 is 0.842 bits per heavy atom. The van der Waals surface area contributed by atoms with Gasteiger partial charge in [-0.3, -0.25) is 0 Å². The number of aromatic amines is 1. The minimum Gasteiger partial charge on any atom is -0.355 e. The Morgan fingerprint density at radius 3 is 2.32 bits per heavy atom. The summed E-state index contributed by atoms with van der Waals surface area (Å²) in [5.74, 6) is 0. The summed E-state index contributed by atoms with van der Waals surface area (Å²) in [5.41, 5.74) is 6.20. The van der Waals surface area contributed by atoms with Crippen LogP contribution in [0.3, 0.4) is 0 Å². The molecule has 0 aliphatic heterocycles. The van der Waals surface area contributed by atoms with E-state index in [9.17, 15) is 0 Å². The van der Waals surface area contributed by atoms with Crippen molar-refractivity contribution in [3.63, 3.8) is 0 Å². The fourth-order valence-corrected chi connectivity index (χ4v) is 2.33. The van der Waals surface area contributed by atoms with Crippen molar-refractivity contribution in [1.29, 1.82) is 0 Å². The first kappa shape index (κ1) is 11.8. The summed E-state index contributed by atoms with van der Waals surface area (Å²) in [6.07, 6.45) is 4.30. The fourth-order valence-electron chi connectivity index (χ4n) is 2.33. The predicted molar refractivity (Wildman–Crippen MR) is 83.1 cm³/mol. The zero-order valence-corrected chi connectivity index (χ0v) is 11.3. The number of aryl methyl sites for hydroxylation is 2. The zero-order chi connectivity index (χ0) is 13.2. The van der Waals surface area contributed by atoms with E-state index in [0.717, 1.165) is 0 Å². The van der Waals surface area contributed by atoms with Gasteiger partial charge in [0.1, 0.15) is 0 Å². The molecule has 3 aromatic rings. The molecule has 1 heterocycles. The van der Waals surface area contributed by atoms with E-state index >= 15 is 0 Å². The number of aromatic nitrogens is 1. The second-order valence-electron chi connectivity index (χ2n) is 4.95. The smallest absolute Gasteiger partial charge is 0.0461 e. The van der Waals surface area contributed by atoms with Crippen LogP contribution in [-0.4, -0.2) is 4.98 Å². The molecule has 0 aliphatic carbocycles. The van der Waals surface area contributed by atoms with E-state index in [1.807, 2.05) is 0 Å². The van der Waals surface area contributed by atoms with Crippen molar-refractivity contribution < 1.29 is 0 Å². The van der Waals surface area contributed by atoms with Crippen molar-refractivity contribution in [2.24, 2.45) is 0 Å². The number of benzene rings is 2. The predicted octanol–water partition coefficient (Wildman–Crippen LogP) is 4.96.